The zero-order valence-electron chi connectivity index (χ0n) is 9.44. The molecule has 0 spiro atoms. The zero-order valence-corrected chi connectivity index (χ0v) is 9.44. The van der Waals surface area contributed by atoms with Gasteiger partial charge in [0.25, 0.3) is 0 Å². The normalized spacial score (nSPS) is 57.8. The average molecular weight is 228 g/mol. The second kappa shape index (κ2) is 4.30. The molecule has 2 saturated heterocycles. The molecule has 2 heterocycles. The van der Waals surface area contributed by atoms with Crippen LogP contribution in [0.4, 0.5) is 0 Å². The van der Waals surface area contributed by atoms with Crippen molar-refractivity contribution in [1.29, 1.82) is 0 Å². The van der Waals surface area contributed by atoms with Crippen LogP contribution in [0.1, 0.15) is 42.5 Å². The van der Waals surface area contributed by atoms with Gasteiger partial charge in [0.15, 0.2) is 0 Å². The number of hydrogen-bond acceptors (Lipinski definition) is 2. The van der Waals surface area contributed by atoms with E-state index in [1.807, 2.05) is 0 Å². The van der Waals surface area contributed by atoms with Gasteiger partial charge in [-0.1, -0.05) is 42.5 Å². The summed E-state index contributed by atoms with van der Waals surface area (Å²) in [6.45, 7) is 9.05. The van der Waals surface area contributed by atoms with Crippen molar-refractivity contribution >= 4 is 0 Å². The second-order valence-corrected chi connectivity index (χ2v) is 5.57. The van der Waals surface area contributed by atoms with Crippen molar-refractivity contribution in [2.45, 2.75) is 67.0 Å². The Morgan fingerprint density at radius 1 is 0.500 bits per heavy atom. The van der Waals surface area contributed by atoms with Gasteiger partial charge in [-0.2, -0.15) is 0 Å². The summed E-state index contributed by atoms with van der Waals surface area (Å²) >= 11 is 0. The Labute approximate surface area is 101 Å². The van der Waals surface area contributed by atoms with Crippen molar-refractivity contribution in [3.63, 3.8) is 0 Å². The van der Waals surface area contributed by atoms with Gasteiger partial charge in [-0.25, -0.2) is 0 Å². The number of epoxide rings is 2. The quantitative estimate of drug-likeness (QED) is 0.594. The molecule has 4 rings (SSSR count). The monoisotopic (exact) mass is 228 g/mol. The fourth-order valence-corrected chi connectivity index (χ4v) is 2.87. The van der Waals surface area contributed by atoms with Crippen LogP contribution in [0.25, 0.3) is 0 Å². The van der Waals surface area contributed by atoms with Gasteiger partial charge in [-0.05, 0) is 23.7 Å². The lowest BCUT2D eigenvalue weighted by Crippen LogP contribution is -2.31. The molecule has 0 N–H and O–H groups in total. The summed E-state index contributed by atoms with van der Waals surface area (Å²) in [7, 11) is 0. The minimum atomic E-state index is 0. The second-order valence-electron chi connectivity index (χ2n) is 5.57. The molecule has 0 bridgehead atoms. The van der Waals surface area contributed by atoms with Gasteiger partial charge in [0.2, 0.25) is 0 Å². The molecule has 0 radical (unpaired) electrons. The first-order valence-electron chi connectivity index (χ1n) is 5.92. The Morgan fingerprint density at radius 3 is 0.750 bits per heavy atom. The average Bonchev–Trinajstić information content (AvgIpc) is 3.09. The molecule has 0 amide bonds. The first kappa shape index (κ1) is 14.0. The molecule has 16 heavy (non-hydrogen) atoms. The molecule has 2 aliphatic heterocycles. The minimum Gasteiger partial charge on any atom is -0.369 e. The Balaban J connectivity index is 0.000000142. The molecule has 2 nitrogen and oxygen atoms in total. The highest BCUT2D eigenvalue weighted by molar-refractivity contribution is 5.06. The number of rotatable bonds is 0. The number of ether oxygens (including phenoxy) is 2. The lowest BCUT2D eigenvalue weighted by molar-refractivity contribution is 0.290. The summed E-state index contributed by atoms with van der Waals surface area (Å²) in [5.41, 5.74) is 0. The minimum absolute atomic E-state index is 0. The molecular formula is C14H28O2. The van der Waals surface area contributed by atoms with Crippen LogP contribution in [-0.4, -0.2) is 24.4 Å². The SMILES string of the molecule is C.C.CC1C(C)[C@@H]2O[C@H]12.CC1C(C)[C@@H]2O[C@H]12. The van der Waals surface area contributed by atoms with Gasteiger partial charge in [0.1, 0.15) is 0 Å². The fourth-order valence-electron chi connectivity index (χ4n) is 2.87. The predicted octanol–water partition coefficient (Wildman–Crippen LogP) is 3.35. The highest BCUT2D eigenvalue weighted by atomic mass is 16.6. The van der Waals surface area contributed by atoms with Gasteiger partial charge >= 0.3 is 0 Å². The smallest absolute Gasteiger partial charge is 0.0873 e. The maximum Gasteiger partial charge on any atom is 0.0873 e. The topological polar surface area (TPSA) is 25.1 Å². The van der Waals surface area contributed by atoms with E-state index in [4.69, 9.17) is 9.47 Å². The van der Waals surface area contributed by atoms with Crippen LogP contribution in [0.3, 0.4) is 0 Å². The molecule has 4 aliphatic rings. The largest absolute Gasteiger partial charge is 0.369 e. The molecule has 0 aromatic heterocycles. The molecular weight excluding hydrogens is 200 g/mol. The molecule has 2 aliphatic carbocycles. The third-order valence-electron chi connectivity index (χ3n) is 4.85. The van der Waals surface area contributed by atoms with Crippen molar-refractivity contribution in [3.8, 4) is 0 Å². The Hall–Kier alpha value is -0.0800. The van der Waals surface area contributed by atoms with E-state index in [9.17, 15) is 0 Å². The van der Waals surface area contributed by atoms with E-state index in [2.05, 4.69) is 27.7 Å². The van der Waals surface area contributed by atoms with E-state index in [1.165, 1.54) is 0 Å². The van der Waals surface area contributed by atoms with Crippen LogP contribution in [0.5, 0.6) is 0 Å². The molecule has 2 saturated carbocycles. The molecule has 8 atom stereocenters. The molecule has 4 fully saturated rings. The maximum atomic E-state index is 5.25. The highest BCUT2D eigenvalue weighted by Gasteiger charge is 2.59. The van der Waals surface area contributed by atoms with Crippen molar-refractivity contribution in [3.05, 3.63) is 0 Å². The summed E-state index contributed by atoms with van der Waals surface area (Å²) in [5.74, 6) is 3.41. The first-order valence-corrected chi connectivity index (χ1v) is 5.92. The van der Waals surface area contributed by atoms with E-state index in [0.717, 1.165) is 23.7 Å². The molecule has 96 valence electrons. The van der Waals surface area contributed by atoms with E-state index >= 15 is 0 Å². The van der Waals surface area contributed by atoms with E-state index in [-0.39, 0.29) is 14.9 Å². The van der Waals surface area contributed by atoms with Crippen LogP contribution in [0, 0.1) is 23.7 Å². The van der Waals surface area contributed by atoms with Crippen LogP contribution in [0.2, 0.25) is 0 Å². The third-order valence-corrected chi connectivity index (χ3v) is 4.85. The maximum absolute atomic E-state index is 5.25. The molecule has 2 heteroatoms. The van der Waals surface area contributed by atoms with E-state index in [0.29, 0.717) is 24.4 Å². The Morgan fingerprint density at radius 2 is 0.688 bits per heavy atom. The first-order chi connectivity index (χ1) is 6.61. The summed E-state index contributed by atoms with van der Waals surface area (Å²) in [4.78, 5) is 0. The van der Waals surface area contributed by atoms with Crippen LogP contribution >= 0.6 is 0 Å². The lowest BCUT2D eigenvalue weighted by atomic mass is 9.77. The lowest BCUT2D eigenvalue weighted by Gasteiger charge is -2.23. The van der Waals surface area contributed by atoms with Gasteiger partial charge in [0.05, 0.1) is 24.4 Å². The Bertz CT molecular complexity index is 203. The van der Waals surface area contributed by atoms with Crippen molar-refractivity contribution in [2.24, 2.45) is 23.7 Å². The molecule has 0 aromatic carbocycles. The van der Waals surface area contributed by atoms with E-state index < -0.39 is 0 Å². The van der Waals surface area contributed by atoms with Crippen LogP contribution < -0.4 is 0 Å². The third kappa shape index (κ3) is 1.80. The molecule has 0 aromatic rings. The van der Waals surface area contributed by atoms with E-state index in [1.54, 1.807) is 0 Å². The van der Waals surface area contributed by atoms with Crippen molar-refractivity contribution < 1.29 is 9.47 Å². The fraction of sp³-hybridized carbons (Fsp3) is 1.00. The van der Waals surface area contributed by atoms with Crippen LogP contribution in [-0.2, 0) is 9.47 Å². The summed E-state index contributed by atoms with van der Waals surface area (Å²) in [6, 6.07) is 0. The van der Waals surface area contributed by atoms with Gasteiger partial charge < -0.3 is 9.47 Å². The standard InChI is InChI=1S/2C6H10O.2CH4/c2*1-3-4(2)6-5(3)7-6;;/h2*3-6H,1-2H3;2*1H4/t2*3?,4?,5-,6+;;. The number of hydrogen-bond donors (Lipinski definition) is 0. The van der Waals surface area contributed by atoms with Crippen molar-refractivity contribution in [2.75, 3.05) is 0 Å². The van der Waals surface area contributed by atoms with Crippen LogP contribution in [0.15, 0.2) is 0 Å². The number of fused-ring (bicyclic) bond motifs is 2. The van der Waals surface area contributed by atoms with Gasteiger partial charge in [0, 0.05) is 0 Å². The predicted molar refractivity (Wildman–Crippen MR) is 67.4 cm³/mol. The highest BCUT2D eigenvalue weighted by Crippen LogP contribution is 2.51. The van der Waals surface area contributed by atoms with Gasteiger partial charge in [-0.15, -0.1) is 0 Å². The van der Waals surface area contributed by atoms with Gasteiger partial charge in [-0.3, -0.25) is 0 Å². The summed E-state index contributed by atoms with van der Waals surface area (Å²) in [6.07, 6.45) is 2.70. The Kier molecular flexibility index (Phi) is 3.76. The van der Waals surface area contributed by atoms with Crippen molar-refractivity contribution in [1.82, 2.24) is 0 Å². The summed E-state index contributed by atoms with van der Waals surface area (Å²) in [5, 5.41) is 0. The molecule has 4 unspecified atom stereocenters. The summed E-state index contributed by atoms with van der Waals surface area (Å²) < 4.78 is 10.5. The zero-order chi connectivity index (χ0) is 10.0.